The van der Waals surface area contributed by atoms with E-state index in [-0.39, 0.29) is 4.90 Å². The molecule has 1 saturated heterocycles. The van der Waals surface area contributed by atoms with Crippen LogP contribution in [0.15, 0.2) is 29.2 Å². The average Bonchev–Trinajstić information content (AvgIpc) is 2.86. The number of nitrogens with zero attached hydrogens (tertiary/aromatic N) is 4. The molecule has 0 radical (unpaired) electrons. The fourth-order valence-corrected chi connectivity index (χ4v) is 5.03. The minimum atomic E-state index is -3.58. The van der Waals surface area contributed by atoms with Crippen molar-refractivity contribution >= 4 is 33.6 Å². The number of sulfonamides is 1. The van der Waals surface area contributed by atoms with Crippen molar-refractivity contribution in [1.29, 1.82) is 0 Å². The Kier molecular flexibility index (Phi) is 5.11. The van der Waals surface area contributed by atoms with Crippen LogP contribution in [-0.2, 0) is 16.7 Å². The normalized spacial score (nSPS) is 17.2. The molecule has 0 amide bonds. The quantitative estimate of drug-likeness (QED) is 0.751. The molecule has 10 heteroatoms. The van der Waals surface area contributed by atoms with Gasteiger partial charge in [-0.2, -0.15) is 9.40 Å². The Morgan fingerprint density at radius 1 is 1.21 bits per heavy atom. The first-order valence-electron chi connectivity index (χ1n) is 7.39. The third-order valence-corrected chi connectivity index (χ3v) is 6.96. The summed E-state index contributed by atoms with van der Waals surface area (Å²) in [4.78, 5) is 2.24. The van der Waals surface area contributed by atoms with Gasteiger partial charge in [-0.25, -0.2) is 17.5 Å². The summed E-state index contributed by atoms with van der Waals surface area (Å²) in [6, 6.07) is 4.92. The molecule has 1 aromatic heterocycles. The minimum absolute atomic E-state index is 0.120. The van der Waals surface area contributed by atoms with Crippen molar-refractivity contribution in [2.75, 3.05) is 26.2 Å². The van der Waals surface area contributed by atoms with E-state index in [9.17, 15) is 12.8 Å². The van der Waals surface area contributed by atoms with Gasteiger partial charge in [-0.1, -0.05) is 11.3 Å². The summed E-state index contributed by atoms with van der Waals surface area (Å²) < 4.78 is 42.0. The maximum atomic E-state index is 13.0. The lowest BCUT2D eigenvalue weighted by Crippen LogP contribution is -2.48. The molecule has 0 saturated carbocycles. The van der Waals surface area contributed by atoms with Crippen LogP contribution in [0.2, 0.25) is 0 Å². The van der Waals surface area contributed by atoms with Gasteiger partial charge in [0.05, 0.1) is 11.6 Å². The van der Waals surface area contributed by atoms with Crippen molar-refractivity contribution in [1.82, 2.24) is 19.0 Å². The van der Waals surface area contributed by atoms with Gasteiger partial charge in [0, 0.05) is 26.2 Å². The predicted octanol–water partition coefficient (Wildman–Crippen LogP) is 2.09. The highest BCUT2D eigenvalue weighted by Gasteiger charge is 2.28. The second kappa shape index (κ2) is 6.96. The maximum Gasteiger partial charge on any atom is 0.243 e. The molecule has 3 rings (SSSR count). The topological polar surface area (TPSA) is 58.4 Å². The molecule has 0 bridgehead atoms. The van der Waals surface area contributed by atoms with Crippen LogP contribution in [0.4, 0.5) is 4.39 Å². The van der Waals surface area contributed by atoms with Crippen LogP contribution in [-0.4, -0.2) is 53.6 Å². The van der Waals surface area contributed by atoms with Crippen LogP contribution >= 0.6 is 23.6 Å². The molecule has 6 nitrogen and oxygen atoms in total. The molecular weight excluding hydrogens is 371 g/mol. The van der Waals surface area contributed by atoms with Crippen LogP contribution in [0.3, 0.4) is 0 Å². The highest BCUT2D eigenvalue weighted by molar-refractivity contribution is 7.89. The second-order valence-electron chi connectivity index (χ2n) is 5.50. The van der Waals surface area contributed by atoms with E-state index in [0.717, 1.165) is 17.1 Å². The number of piperazine rings is 1. The number of aromatic nitrogens is 2. The summed E-state index contributed by atoms with van der Waals surface area (Å²) in [5, 5.41) is 5.26. The van der Waals surface area contributed by atoms with Crippen LogP contribution < -0.4 is 0 Å². The molecular formula is C14H17FN4O2S3. The van der Waals surface area contributed by atoms with Gasteiger partial charge in [0.1, 0.15) is 10.8 Å². The van der Waals surface area contributed by atoms with Crippen molar-refractivity contribution in [3.8, 4) is 0 Å². The Bertz CT molecular complexity index is 868. The largest absolute Gasteiger partial charge is 0.282 e. The summed E-state index contributed by atoms with van der Waals surface area (Å²) in [7, 11) is -3.58. The first-order valence-corrected chi connectivity index (χ1v) is 10.1. The van der Waals surface area contributed by atoms with E-state index < -0.39 is 15.8 Å². The van der Waals surface area contributed by atoms with Gasteiger partial charge < -0.3 is 0 Å². The summed E-state index contributed by atoms with van der Waals surface area (Å²) >= 11 is 6.72. The number of rotatable bonds is 4. The Morgan fingerprint density at radius 3 is 2.38 bits per heavy atom. The Hall–Kier alpha value is -1.20. The average molecular weight is 389 g/mol. The van der Waals surface area contributed by atoms with Crippen LogP contribution in [0.25, 0.3) is 0 Å². The predicted molar refractivity (Wildman–Crippen MR) is 92.4 cm³/mol. The molecule has 2 heterocycles. The number of aryl methyl sites for hydroxylation is 1. The third kappa shape index (κ3) is 3.72. The minimum Gasteiger partial charge on any atom is -0.282 e. The van der Waals surface area contributed by atoms with E-state index >= 15 is 0 Å². The van der Waals surface area contributed by atoms with Crippen molar-refractivity contribution < 1.29 is 12.8 Å². The number of halogens is 1. The van der Waals surface area contributed by atoms with E-state index in [1.807, 2.05) is 6.92 Å². The SMILES string of the molecule is Cc1nn(CN2CCN(S(=O)(=O)c3ccc(F)cc3)CC2)c(=S)s1. The van der Waals surface area contributed by atoms with Gasteiger partial charge in [0.2, 0.25) is 10.0 Å². The lowest BCUT2D eigenvalue weighted by molar-refractivity contribution is 0.145. The van der Waals surface area contributed by atoms with E-state index in [0.29, 0.717) is 36.8 Å². The zero-order valence-corrected chi connectivity index (χ0v) is 15.5. The summed E-state index contributed by atoms with van der Waals surface area (Å²) in [5.41, 5.74) is 0. The highest BCUT2D eigenvalue weighted by atomic mass is 32.2. The van der Waals surface area contributed by atoms with Gasteiger partial charge >= 0.3 is 0 Å². The molecule has 1 aromatic carbocycles. The number of hydrogen-bond donors (Lipinski definition) is 0. The van der Waals surface area contributed by atoms with E-state index in [1.165, 1.54) is 27.8 Å². The second-order valence-corrected chi connectivity index (χ2v) is 9.27. The van der Waals surface area contributed by atoms with Gasteiger partial charge in [0.25, 0.3) is 0 Å². The maximum absolute atomic E-state index is 13.0. The molecule has 1 aliphatic rings. The first kappa shape index (κ1) is 17.6. The van der Waals surface area contributed by atoms with E-state index in [2.05, 4.69) is 10.00 Å². The van der Waals surface area contributed by atoms with Crippen molar-refractivity contribution in [3.05, 3.63) is 39.0 Å². The smallest absolute Gasteiger partial charge is 0.243 e. The monoisotopic (exact) mass is 388 g/mol. The van der Waals surface area contributed by atoms with Crippen molar-refractivity contribution in [2.24, 2.45) is 0 Å². The third-order valence-electron chi connectivity index (χ3n) is 3.82. The molecule has 0 N–H and O–H groups in total. The summed E-state index contributed by atoms with van der Waals surface area (Å²) in [6.45, 7) is 4.43. The fourth-order valence-electron chi connectivity index (χ4n) is 2.56. The van der Waals surface area contributed by atoms with Gasteiger partial charge in [0.15, 0.2) is 3.95 Å². The Labute approximate surface area is 149 Å². The summed E-state index contributed by atoms with van der Waals surface area (Å²) in [6.07, 6.45) is 0. The van der Waals surface area contributed by atoms with Gasteiger partial charge in [-0.05, 0) is 43.4 Å². The van der Waals surface area contributed by atoms with Crippen molar-refractivity contribution in [2.45, 2.75) is 18.5 Å². The standard InChI is InChI=1S/C14H17FN4O2S3/c1-11-16-19(14(22)23-11)10-17-6-8-18(9-7-17)24(20,21)13-4-2-12(15)3-5-13/h2-5H,6-10H2,1H3. The molecule has 2 aromatic rings. The van der Waals surface area contributed by atoms with Gasteiger partial charge in [-0.3, -0.25) is 4.90 Å². The Balaban J connectivity index is 1.65. The van der Waals surface area contributed by atoms with Crippen molar-refractivity contribution in [3.63, 3.8) is 0 Å². The first-order chi connectivity index (χ1) is 11.4. The lowest BCUT2D eigenvalue weighted by Gasteiger charge is -2.33. The van der Waals surface area contributed by atoms with E-state index in [1.54, 1.807) is 4.68 Å². The molecule has 1 fully saturated rings. The molecule has 0 aliphatic carbocycles. The number of hydrogen-bond acceptors (Lipinski definition) is 6. The van der Waals surface area contributed by atoms with Crippen LogP contribution in [0.1, 0.15) is 5.01 Å². The highest BCUT2D eigenvalue weighted by Crippen LogP contribution is 2.18. The number of benzene rings is 1. The van der Waals surface area contributed by atoms with E-state index in [4.69, 9.17) is 12.2 Å². The lowest BCUT2D eigenvalue weighted by atomic mass is 10.4. The molecule has 130 valence electrons. The Morgan fingerprint density at radius 2 is 1.83 bits per heavy atom. The zero-order valence-electron chi connectivity index (χ0n) is 13.1. The summed E-state index contributed by atoms with van der Waals surface area (Å²) in [5.74, 6) is -0.450. The molecule has 0 atom stereocenters. The molecule has 1 aliphatic heterocycles. The molecule has 24 heavy (non-hydrogen) atoms. The van der Waals surface area contributed by atoms with Crippen LogP contribution in [0, 0.1) is 16.7 Å². The molecule has 0 spiro atoms. The van der Waals surface area contributed by atoms with Crippen LogP contribution in [0.5, 0.6) is 0 Å². The zero-order chi connectivity index (χ0) is 17.3. The molecule has 0 unspecified atom stereocenters. The fraction of sp³-hybridized carbons (Fsp3) is 0.429. The van der Waals surface area contributed by atoms with Gasteiger partial charge in [-0.15, -0.1) is 0 Å².